The summed E-state index contributed by atoms with van der Waals surface area (Å²) >= 11 is 0. The molecule has 2 fully saturated rings. The number of nitrogens with zero attached hydrogens (tertiary/aromatic N) is 3. The summed E-state index contributed by atoms with van der Waals surface area (Å²) in [7, 11) is -3.61. The summed E-state index contributed by atoms with van der Waals surface area (Å²) in [5, 5.41) is 0. The van der Waals surface area contributed by atoms with Crippen LogP contribution in [0.15, 0.2) is 47.4 Å². The zero-order valence-corrected chi connectivity index (χ0v) is 18.7. The normalized spacial score (nSPS) is 19.3. The molecule has 0 radical (unpaired) electrons. The van der Waals surface area contributed by atoms with Crippen LogP contribution in [0.2, 0.25) is 0 Å². The maximum Gasteiger partial charge on any atom is 0.258 e. The summed E-state index contributed by atoms with van der Waals surface area (Å²) in [6.07, 6.45) is 0.961. The van der Waals surface area contributed by atoms with Crippen molar-refractivity contribution in [2.45, 2.75) is 24.2 Å². The Morgan fingerprint density at radius 3 is 2.18 bits per heavy atom. The molecule has 9 nitrogen and oxygen atoms in total. The van der Waals surface area contributed by atoms with Gasteiger partial charge in [0.1, 0.15) is 0 Å². The molecule has 2 aromatic carbocycles. The highest BCUT2D eigenvalue weighted by atomic mass is 32.2. The average Bonchev–Trinajstić information content (AvgIpc) is 3.41. The minimum atomic E-state index is -3.61. The highest BCUT2D eigenvalue weighted by Gasteiger charge is 2.32. The highest BCUT2D eigenvalue weighted by Crippen LogP contribution is 2.33. The predicted molar refractivity (Wildman–Crippen MR) is 120 cm³/mol. The number of hydrogen-bond acceptors (Lipinski definition) is 6. The molecule has 0 aromatic heterocycles. The quantitative estimate of drug-likeness (QED) is 0.630. The molecule has 2 saturated heterocycles. The fourth-order valence-electron chi connectivity index (χ4n) is 4.46. The number of carbonyl (C=O) groups excluding carboxylic acids is 3. The number of benzene rings is 2. The molecule has 10 heteroatoms. The van der Waals surface area contributed by atoms with Crippen molar-refractivity contribution in [3.63, 3.8) is 0 Å². The number of morpholine rings is 1. The molecule has 3 aliphatic rings. The fraction of sp³-hybridized carbons (Fsp3) is 0.348. The molecule has 0 N–H and O–H groups in total. The van der Waals surface area contributed by atoms with E-state index >= 15 is 0 Å². The first-order valence-electron chi connectivity index (χ1n) is 10.8. The van der Waals surface area contributed by atoms with Crippen LogP contribution in [0.4, 0.5) is 11.4 Å². The Bertz CT molecular complexity index is 1220. The molecule has 3 aliphatic heterocycles. The van der Waals surface area contributed by atoms with Gasteiger partial charge in [-0.2, -0.15) is 4.31 Å². The van der Waals surface area contributed by atoms with Gasteiger partial charge in [-0.1, -0.05) is 0 Å². The number of ether oxygens (including phenoxy) is 1. The van der Waals surface area contributed by atoms with Gasteiger partial charge in [-0.25, -0.2) is 8.42 Å². The highest BCUT2D eigenvalue weighted by molar-refractivity contribution is 7.89. The Morgan fingerprint density at radius 1 is 0.848 bits per heavy atom. The summed E-state index contributed by atoms with van der Waals surface area (Å²) in [5.74, 6) is -0.700. The molecule has 2 aromatic rings. The zero-order chi connectivity index (χ0) is 23.2. The first-order chi connectivity index (χ1) is 15.9. The van der Waals surface area contributed by atoms with E-state index in [-0.39, 0.29) is 35.5 Å². The molecule has 0 atom stereocenters. The Kier molecular flexibility index (Phi) is 5.51. The van der Waals surface area contributed by atoms with E-state index in [2.05, 4.69) is 0 Å². The van der Waals surface area contributed by atoms with Crippen molar-refractivity contribution in [3.8, 4) is 0 Å². The van der Waals surface area contributed by atoms with Crippen molar-refractivity contribution in [2.75, 3.05) is 42.6 Å². The van der Waals surface area contributed by atoms with Gasteiger partial charge in [-0.3, -0.25) is 19.3 Å². The first kappa shape index (κ1) is 21.7. The van der Waals surface area contributed by atoms with E-state index in [4.69, 9.17) is 4.74 Å². The van der Waals surface area contributed by atoms with Crippen molar-refractivity contribution in [3.05, 3.63) is 53.6 Å². The van der Waals surface area contributed by atoms with Crippen molar-refractivity contribution in [1.29, 1.82) is 0 Å². The molecule has 0 unspecified atom stereocenters. The van der Waals surface area contributed by atoms with Crippen LogP contribution < -0.4 is 9.80 Å². The lowest BCUT2D eigenvalue weighted by Gasteiger charge is -2.26. The summed E-state index contributed by atoms with van der Waals surface area (Å²) in [6.45, 7) is 1.86. The van der Waals surface area contributed by atoms with Gasteiger partial charge in [0.15, 0.2) is 0 Å². The second-order valence-corrected chi connectivity index (χ2v) is 10.1. The molecule has 0 spiro atoms. The van der Waals surface area contributed by atoms with Crippen LogP contribution >= 0.6 is 0 Å². The van der Waals surface area contributed by atoms with Gasteiger partial charge in [0.05, 0.1) is 23.8 Å². The first-order valence-corrected chi connectivity index (χ1v) is 12.3. The van der Waals surface area contributed by atoms with Crippen LogP contribution in [0.1, 0.15) is 28.8 Å². The minimum absolute atomic E-state index is 0.202. The largest absolute Gasteiger partial charge is 0.379 e. The third kappa shape index (κ3) is 3.84. The molecular formula is C23H23N3O6S. The van der Waals surface area contributed by atoms with Crippen molar-refractivity contribution in [1.82, 2.24) is 4.31 Å². The third-order valence-corrected chi connectivity index (χ3v) is 8.12. The molecule has 3 amide bonds. The topological polar surface area (TPSA) is 104 Å². The van der Waals surface area contributed by atoms with E-state index in [0.29, 0.717) is 56.2 Å². The van der Waals surface area contributed by atoms with E-state index in [1.807, 2.05) is 0 Å². The molecule has 3 heterocycles. The maximum absolute atomic E-state index is 13.1. The average molecular weight is 470 g/mol. The molecule has 172 valence electrons. The predicted octanol–water partition coefficient (Wildman–Crippen LogP) is 1.56. The summed E-state index contributed by atoms with van der Waals surface area (Å²) in [5.41, 5.74) is 2.38. The third-order valence-electron chi connectivity index (χ3n) is 6.22. The van der Waals surface area contributed by atoms with Crippen LogP contribution in [0.25, 0.3) is 0 Å². The Morgan fingerprint density at radius 2 is 1.52 bits per heavy atom. The van der Waals surface area contributed by atoms with E-state index in [0.717, 1.165) is 10.5 Å². The Balaban J connectivity index is 1.36. The maximum atomic E-state index is 13.1. The fourth-order valence-corrected chi connectivity index (χ4v) is 5.92. The second-order valence-electron chi connectivity index (χ2n) is 8.18. The summed E-state index contributed by atoms with van der Waals surface area (Å²) in [6, 6.07) is 11.3. The van der Waals surface area contributed by atoms with Crippen molar-refractivity contribution in [2.24, 2.45) is 0 Å². The summed E-state index contributed by atoms with van der Waals surface area (Å²) in [4.78, 5) is 40.0. The molecule has 5 rings (SSSR count). The van der Waals surface area contributed by atoms with Crippen LogP contribution in [-0.4, -0.2) is 63.3 Å². The minimum Gasteiger partial charge on any atom is -0.379 e. The number of rotatable bonds is 4. The number of sulfonamides is 1. The lowest BCUT2D eigenvalue weighted by Crippen LogP contribution is -2.40. The number of fused-ring (bicyclic) bond motifs is 1. The molecular weight excluding hydrogens is 446 g/mol. The number of amides is 3. The van der Waals surface area contributed by atoms with Gasteiger partial charge < -0.3 is 9.64 Å². The van der Waals surface area contributed by atoms with Crippen LogP contribution in [0.5, 0.6) is 0 Å². The van der Waals surface area contributed by atoms with Crippen LogP contribution in [-0.2, 0) is 30.8 Å². The SMILES string of the molecule is O=C(c1ccc(N2C(=O)CCC2=O)cc1)N1CCc2cc(S(=O)(=O)N3CCOCC3)ccc21. The number of hydrogen-bond donors (Lipinski definition) is 0. The number of anilines is 2. The van der Waals surface area contributed by atoms with Gasteiger partial charge in [0, 0.05) is 43.7 Å². The van der Waals surface area contributed by atoms with Crippen LogP contribution in [0.3, 0.4) is 0 Å². The van der Waals surface area contributed by atoms with E-state index in [1.165, 1.54) is 4.31 Å². The molecule has 33 heavy (non-hydrogen) atoms. The number of carbonyl (C=O) groups is 3. The van der Waals surface area contributed by atoms with E-state index in [9.17, 15) is 22.8 Å². The lowest BCUT2D eigenvalue weighted by molar-refractivity contribution is -0.121. The standard InChI is InChI=1S/C23H23N3O6S/c27-21-7-8-22(28)26(21)18-3-1-16(2-4-18)23(29)25-10-9-17-15-19(5-6-20(17)25)33(30,31)24-11-13-32-14-12-24/h1-6,15H,7-14H2. The van der Waals surface area contributed by atoms with Gasteiger partial charge in [0.25, 0.3) is 5.91 Å². The zero-order valence-electron chi connectivity index (χ0n) is 17.9. The van der Waals surface area contributed by atoms with Gasteiger partial charge in [-0.05, 0) is 54.4 Å². The van der Waals surface area contributed by atoms with Gasteiger partial charge in [-0.15, -0.1) is 0 Å². The Hall–Kier alpha value is -3.08. The van der Waals surface area contributed by atoms with Crippen molar-refractivity contribution < 1.29 is 27.5 Å². The molecule has 0 bridgehead atoms. The molecule has 0 aliphatic carbocycles. The van der Waals surface area contributed by atoms with Gasteiger partial charge in [0.2, 0.25) is 21.8 Å². The smallest absolute Gasteiger partial charge is 0.258 e. The lowest BCUT2D eigenvalue weighted by atomic mass is 10.1. The molecule has 0 saturated carbocycles. The van der Waals surface area contributed by atoms with Gasteiger partial charge >= 0.3 is 0 Å². The summed E-state index contributed by atoms with van der Waals surface area (Å²) < 4.78 is 32.6. The van der Waals surface area contributed by atoms with E-state index in [1.54, 1.807) is 47.4 Å². The Labute approximate surface area is 191 Å². The second kappa shape index (κ2) is 8.36. The number of imide groups is 1. The van der Waals surface area contributed by atoms with E-state index < -0.39 is 10.0 Å². The van der Waals surface area contributed by atoms with Crippen LogP contribution in [0, 0.1) is 0 Å². The monoisotopic (exact) mass is 469 g/mol. The van der Waals surface area contributed by atoms with Crippen molar-refractivity contribution >= 4 is 39.1 Å².